The van der Waals surface area contributed by atoms with Crippen LogP contribution in [-0.2, 0) is 13.6 Å². The summed E-state index contributed by atoms with van der Waals surface area (Å²) in [5, 5.41) is 9.84. The topological polar surface area (TPSA) is 29.9 Å². The number of hydrogen-bond donors (Lipinski definition) is 1. The normalized spacial score (nSPS) is 10.9. The quantitative estimate of drug-likeness (QED) is 0.783. The molecule has 0 saturated heterocycles. The van der Waals surface area contributed by atoms with Crippen LogP contribution in [-0.4, -0.2) is 9.78 Å². The predicted octanol–water partition coefficient (Wildman–Crippen LogP) is 4.15. The lowest BCUT2D eigenvalue weighted by atomic mass is 10.2. The molecule has 0 aliphatic rings. The molecule has 0 aliphatic heterocycles. The summed E-state index contributed by atoms with van der Waals surface area (Å²) >= 11 is 5.88. The zero-order chi connectivity index (χ0) is 14.1. The molecule has 1 heterocycles. The lowest BCUT2D eigenvalue weighted by Crippen LogP contribution is -1.98. The Morgan fingerprint density at radius 1 is 1.15 bits per heavy atom. The molecule has 3 rings (SSSR count). The fourth-order valence-corrected chi connectivity index (χ4v) is 2.37. The fourth-order valence-electron chi connectivity index (χ4n) is 2.24. The second-order valence-corrected chi connectivity index (χ2v) is 5.36. The number of rotatable bonds is 3. The van der Waals surface area contributed by atoms with Gasteiger partial charge >= 0.3 is 0 Å². The molecule has 1 aromatic heterocycles. The van der Waals surface area contributed by atoms with E-state index < -0.39 is 0 Å². The van der Waals surface area contributed by atoms with Crippen molar-refractivity contribution in [3.05, 3.63) is 58.7 Å². The van der Waals surface area contributed by atoms with Gasteiger partial charge in [-0.25, -0.2) is 0 Å². The van der Waals surface area contributed by atoms with Crippen molar-refractivity contribution in [2.45, 2.75) is 13.5 Å². The van der Waals surface area contributed by atoms with Gasteiger partial charge in [-0.15, -0.1) is 0 Å². The van der Waals surface area contributed by atoms with E-state index in [-0.39, 0.29) is 0 Å². The highest BCUT2D eigenvalue weighted by atomic mass is 35.5. The van der Waals surface area contributed by atoms with Crippen LogP contribution in [0.25, 0.3) is 10.9 Å². The minimum atomic E-state index is 0.765. The van der Waals surface area contributed by atoms with Crippen LogP contribution >= 0.6 is 11.6 Å². The average molecular weight is 286 g/mol. The minimum absolute atomic E-state index is 0.765. The highest BCUT2D eigenvalue weighted by molar-refractivity contribution is 6.30. The number of anilines is 1. The first kappa shape index (κ1) is 13.0. The Balaban J connectivity index is 1.80. The van der Waals surface area contributed by atoms with Crippen molar-refractivity contribution in [1.82, 2.24) is 9.78 Å². The summed E-state index contributed by atoms with van der Waals surface area (Å²) in [4.78, 5) is 0. The van der Waals surface area contributed by atoms with Crippen molar-refractivity contribution in [3.63, 3.8) is 0 Å². The summed E-state index contributed by atoms with van der Waals surface area (Å²) in [5.74, 6) is 0. The van der Waals surface area contributed by atoms with Crippen LogP contribution in [0.2, 0.25) is 5.02 Å². The molecule has 0 fully saturated rings. The van der Waals surface area contributed by atoms with Crippen molar-refractivity contribution >= 4 is 28.2 Å². The summed E-state index contributed by atoms with van der Waals surface area (Å²) in [6.45, 7) is 2.86. The largest absolute Gasteiger partial charge is 0.381 e. The molecule has 3 aromatic rings. The van der Waals surface area contributed by atoms with E-state index in [9.17, 15) is 0 Å². The van der Waals surface area contributed by atoms with E-state index in [1.165, 1.54) is 16.6 Å². The molecule has 0 saturated carbocycles. The zero-order valence-electron chi connectivity index (χ0n) is 11.5. The monoisotopic (exact) mass is 285 g/mol. The Hall–Kier alpha value is -2.00. The van der Waals surface area contributed by atoms with E-state index in [0.29, 0.717) is 0 Å². The number of hydrogen-bond acceptors (Lipinski definition) is 2. The number of aryl methyl sites for hydroxylation is 2. The van der Waals surface area contributed by atoms with Crippen LogP contribution in [0.3, 0.4) is 0 Å². The van der Waals surface area contributed by atoms with E-state index in [1.807, 2.05) is 42.1 Å². The molecule has 4 heteroatoms. The Bertz CT molecular complexity index is 744. The molecule has 3 nitrogen and oxygen atoms in total. The lowest BCUT2D eigenvalue weighted by Gasteiger charge is -2.07. The predicted molar refractivity (Wildman–Crippen MR) is 84.2 cm³/mol. The van der Waals surface area contributed by atoms with Gasteiger partial charge in [0.05, 0.1) is 5.52 Å². The van der Waals surface area contributed by atoms with Crippen molar-refractivity contribution < 1.29 is 0 Å². The third-order valence-electron chi connectivity index (χ3n) is 3.54. The summed E-state index contributed by atoms with van der Waals surface area (Å²) in [5.41, 5.74) is 4.51. The smallest absolute Gasteiger partial charge is 0.0927 e. The third kappa shape index (κ3) is 2.49. The Kier molecular flexibility index (Phi) is 3.36. The summed E-state index contributed by atoms with van der Waals surface area (Å²) in [6, 6.07) is 14.1. The van der Waals surface area contributed by atoms with Gasteiger partial charge in [0, 0.05) is 35.4 Å². The number of fused-ring (bicyclic) bond motifs is 1. The molecule has 102 valence electrons. The maximum Gasteiger partial charge on any atom is 0.0927 e. The lowest BCUT2D eigenvalue weighted by molar-refractivity contribution is 0.751. The minimum Gasteiger partial charge on any atom is -0.381 e. The van der Waals surface area contributed by atoms with Crippen molar-refractivity contribution in [2.24, 2.45) is 7.05 Å². The van der Waals surface area contributed by atoms with Gasteiger partial charge in [0.1, 0.15) is 0 Å². The highest BCUT2D eigenvalue weighted by Crippen LogP contribution is 2.22. The molecule has 0 atom stereocenters. The van der Waals surface area contributed by atoms with Crippen LogP contribution in [0.15, 0.2) is 42.5 Å². The molecular formula is C16H16ClN3. The van der Waals surface area contributed by atoms with Crippen molar-refractivity contribution in [2.75, 3.05) is 5.32 Å². The third-order valence-corrected chi connectivity index (χ3v) is 3.79. The summed E-state index contributed by atoms with van der Waals surface area (Å²) < 4.78 is 1.91. The molecular weight excluding hydrogens is 270 g/mol. The maximum absolute atomic E-state index is 5.88. The second-order valence-electron chi connectivity index (χ2n) is 4.92. The van der Waals surface area contributed by atoms with E-state index in [1.54, 1.807) is 0 Å². The Morgan fingerprint density at radius 2 is 1.90 bits per heavy atom. The molecule has 0 bridgehead atoms. The van der Waals surface area contributed by atoms with Gasteiger partial charge in [-0.2, -0.15) is 5.10 Å². The molecule has 0 radical (unpaired) electrons. The van der Waals surface area contributed by atoms with E-state index >= 15 is 0 Å². The van der Waals surface area contributed by atoms with E-state index in [4.69, 9.17) is 11.6 Å². The summed E-state index contributed by atoms with van der Waals surface area (Å²) in [7, 11) is 1.97. The average Bonchev–Trinajstić information content (AvgIpc) is 2.74. The van der Waals surface area contributed by atoms with Crippen LogP contribution in [0.4, 0.5) is 5.69 Å². The molecule has 1 N–H and O–H groups in total. The number of benzene rings is 2. The molecule has 0 amide bonds. The number of halogens is 1. The Labute approximate surface area is 123 Å². The maximum atomic E-state index is 5.88. The van der Waals surface area contributed by atoms with Gasteiger partial charge < -0.3 is 5.32 Å². The summed E-state index contributed by atoms with van der Waals surface area (Å²) in [6.07, 6.45) is 0. The van der Waals surface area contributed by atoms with Gasteiger partial charge in [-0.3, -0.25) is 4.68 Å². The SMILES string of the molecule is Cc1c2cc(NCc3ccc(Cl)cc3)ccc2nn1C. The highest BCUT2D eigenvalue weighted by Gasteiger charge is 2.05. The van der Waals surface area contributed by atoms with E-state index in [0.717, 1.165) is 22.8 Å². The fraction of sp³-hybridized carbons (Fsp3) is 0.188. The van der Waals surface area contributed by atoms with Gasteiger partial charge in [0.2, 0.25) is 0 Å². The van der Waals surface area contributed by atoms with Gasteiger partial charge in [-0.1, -0.05) is 23.7 Å². The van der Waals surface area contributed by atoms with Gasteiger partial charge in [0.25, 0.3) is 0 Å². The Morgan fingerprint density at radius 3 is 2.65 bits per heavy atom. The number of aromatic nitrogens is 2. The molecule has 0 aliphatic carbocycles. The molecule has 0 unspecified atom stereocenters. The first-order chi connectivity index (χ1) is 9.63. The van der Waals surface area contributed by atoms with Crippen LogP contribution in [0.5, 0.6) is 0 Å². The van der Waals surface area contributed by atoms with Crippen LogP contribution in [0, 0.1) is 6.92 Å². The number of nitrogens with zero attached hydrogens (tertiary/aromatic N) is 2. The number of nitrogens with one attached hydrogen (secondary N) is 1. The van der Waals surface area contributed by atoms with Gasteiger partial charge in [0.15, 0.2) is 0 Å². The van der Waals surface area contributed by atoms with E-state index in [2.05, 4.69) is 29.5 Å². The molecule has 20 heavy (non-hydrogen) atoms. The van der Waals surface area contributed by atoms with Crippen molar-refractivity contribution in [1.29, 1.82) is 0 Å². The van der Waals surface area contributed by atoms with Crippen LogP contribution < -0.4 is 5.32 Å². The second kappa shape index (κ2) is 5.17. The van der Waals surface area contributed by atoms with Gasteiger partial charge in [-0.05, 0) is 42.8 Å². The molecule has 0 spiro atoms. The molecule has 2 aromatic carbocycles. The van der Waals surface area contributed by atoms with Crippen LogP contribution in [0.1, 0.15) is 11.3 Å². The van der Waals surface area contributed by atoms with Crippen molar-refractivity contribution in [3.8, 4) is 0 Å². The zero-order valence-corrected chi connectivity index (χ0v) is 12.3. The first-order valence-corrected chi connectivity index (χ1v) is 6.93. The first-order valence-electron chi connectivity index (χ1n) is 6.55. The standard InChI is InChI=1S/C16H16ClN3/c1-11-15-9-14(7-8-16(15)19-20(11)2)18-10-12-3-5-13(17)6-4-12/h3-9,18H,10H2,1-2H3.